The van der Waals surface area contributed by atoms with Crippen molar-refractivity contribution in [1.82, 2.24) is 0 Å². The van der Waals surface area contributed by atoms with Gasteiger partial charge >= 0.3 is 0 Å². The van der Waals surface area contributed by atoms with Crippen LogP contribution in [-0.4, -0.2) is 7.11 Å². The van der Waals surface area contributed by atoms with Crippen LogP contribution in [0.5, 0.6) is 5.75 Å². The van der Waals surface area contributed by atoms with Gasteiger partial charge in [-0.15, -0.1) is 0 Å². The van der Waals surface area contributed by atoms with Crippen LogP contribution >= 0.6 is 15.9 Å². The number of halogens is 1. The van der Waals surface area contributed by atoms with Crippen molar-refractivity contribution in [3.8, 4) is 17.1 Å². The van der Waals surface area contributed by atoms with Gasteiger partial charge in [-0.2, -0.15) is 0 Å². The molecule has 102 valence electrons. The highest BCUT2D eigenvalue weighted by molar-refractivity contribution is 9.10. The van der Waals surface area contributed by atoms with E-state index in [1.807, 2.05) is 24.3 Å². The third-order valence-electron chi connectivity index (χ3n) is 3.44. The average molecular weight is 331 g/mol. The summed E-state index contributed by atoms with van der Waals surface area (Å²) in [7, 11) is 1.66. The molecule has 0 saturated carbocycles. The molecule has 0 aliphatic carbocycles. The number of hydrogen-bond donors (Lipinski definition) is 0. The van der Waals surface area contributed by atoms with Gasteiger partial charge in [-0.3, -0.25) is 0 Å². The lowest BCUT2D eigenvalue weighted by Crippen LogP contribution is -1.86. The highest BCUT2D eigenvalue weighted by Gasteiger charge is 2.10. The van der Waals surface area contributed by atoms with E-state index in [0.29, 0.717) is 0 Å². The van der Waals surface area contributed by atoms with Crippen LogP contribution in [0.4, 0.5) is 0 Å². The van der Waals surface area contributed by atoms with Crippen LogP contribution in [-0.2, 0) is 6.42 Å². The molecule has 0 bridgehead atoms. The molecule has 2 nitrogen and oxygen atoms in total. The van der Waals surface area contributed by atoms with Gasteiger partial charge in [0.2, 0.25) is 0 Å². The first-order valence-corrected chi connectivity index (χ1v) is 7.37. The molecule has 0 radical (unpaired) electrons. The molecule has 0 amide bonds. The second-order valence-corrected chi connectivity index (χ2v) is 5.59. The molecule has 0 unspecified atom stereocenters. The molecule has 3 aromatic rings. The van der Waals surface area contributed by atoms with Gasteiger partial charge in [0, 0.05) is 21.5 Å². The molecule has 1 aromatic heterocycles. The SMILES string of the molecule is CCc1cc(Br)ccc1-c1cc2ccc(OC)cc2o1. The summed E-state index contributed by atoms with van der Waals surface area (Å²) in [5.41, 5.74) is 3.26. The summed E-state index contributed by atoms with van der Waals surface area (Å²) >= 11 is 3.52. The maximum absolute atomic E-state index is 5.98. The van der Waals surface area contributed by atoms with Crippen LogP contribution < -0.4 is 4.74 Å². The zero-order valence-corrected chi connectivity index (χ0v) is 13.0. The van der Waals surface area contributed by atoms with Gasteiger partial charge in [0.15, 0.2) is 0 Å². The van der Waals surface area contributed by atoms with Gasteiger partial charge < -0.3 is 9.15 Å². The van der Waals surface area contributed by atoms with Crippen molar-refractivity contribution < 1.29 is 9.15 Å². The van der Waals surface area contributed by atoms with Gasteiger partial charge in [-0.05, 0) is 48.4 Å². The minimum Gasteiger partial charge on any atom is -0.497 e. The van der Waals surface area contributed by atoms with Crippen LogP contribution in [0.2, 0.25) is 0 Å². The molecule has 0 atom stereocenters. The molecule has 0 saturated heterocycles. The fourth-order valence-electron chi connectivity index (χ4n) is 2.37. The van der Waals surface area contributed by atoms with Gasteiger partial charge in [0.1, 0.15) is 17.1 Å². The third-order valence-corrected chi connectivity index (χ3v) is 3.93. The predicted molar refractivity (Wildman–Crippen MR) is 85.3 cm³/mol. The Bertz CT molecular complexity index is 759. The Kier molecular flexibility index (Phi) is 3.53. The normalized spacial score (nSPS) is 10.9. The Morgan fingerprint density at radius 2 is 1.95 bits per heavy atom. The number of rotatable bonds is 3. The number of aryl methyl sites for hydroxylation is 1. The van der Waals surface area contributed by atoms with Crippen LogP contribution in [0, 0.1) is 0 Å². The van der Waals surface area contributed by atoms with Gasteiger partial charge in [-0.25, -0.2) is 0 Å². The monoisotopic (exact) mass is 330 g/mol. The number of furan rings is 1. The summed E-state index contributed by atoms with van der Waals surface area (Å²) in [5.74, 6) is 1.71. The van der Waals surface area contributed by atoms with Crippen molar-refractivity contribution in [1.29, 1.82) is 0 Å². The summed E-state index contributed by atoms with van der Waals surface area (Å²) in [6.07, 6.45) is 0.967. The molecular weight excluding hydrogens is 316 g/mol. The van der Waals surface area contributed by atoms with E-state index in [1.54, 1.807) is 7.11 Å². The van der Waals surface area contributed by atoms with Gasteiger partial charge in [-0.1, -0.05) is 22.9 Å². The van der Waals surface area contributed by atoms with Gasteiger partial charge in [0.25, 0.3) is 0 Å². The second kappa shape index (κ2) is 5.33. The summed E-state index contributed by atoms with van der Waals surface area (Å²) in [6.45, 7) is 2.15. The van der Waals surface area contributed by atoms with Crippen molar-refractivity contribution >= 4 is 26.9 Å². The third kappa shape index (κ3) is 2.34. The molecule has 3 rings (SSSR count). The molecule has 0 aliphatic heterocycles. The van der Waals surface area contributed by atoms with Crippen molar-refractivity contribution in [2.24, 2.45) is 0 Å². The largest absolute Gasteiger partial charge is 0.497 e. The lowest BCUT2D eigenvalue weighted by atomic mass is 10.0. The van der Waals surface area contributed by atoms with E-state index in [1.165, 1.54) is 5.56 Å². The van der Waals surface area contributed by atoms with Crippen molar-refractivity contribution in [3.05, 3.63) is 52.5 Å². The smallest absolute Gasteiger partial charge is 0.138 e. The van der Waals surface area contributed by atoms with Crippen LogP contribution in [0.1, 0.15) is 12.5 Å². The Hall–Kier alpha value is -1.74. The van der Waals surface area contributed by atoms with Crippen LogP contribution in [0.3, 0.4) is 0 Å². The number of fused-ring (bicyclic) bond motifs is 1. The zero-order valence-electron chi connectivity index (χ0n) is 11.4. The van der Waals surface area contributed by atoms with E-state index in [2.05, 4.69) is 41.1 Å². The minimum absolute atomic E-state index is 0.810. The Balaban J connectivity index is 2.14. The molecule has 0 spiro atoms. The molecule has 0 fully saturated rings. The van der Waals surface area contributed by atoms with E-state index < -0.39 is 0 Å². The number of ether oxygens (including phenoxy) is 1. The fraction of sp³-hybridized carbons (Fsp3) is 0.176. The first kappa shape index (κ1) is 13.3. The number of methoxy groups -OCH3 is 1. The summed E-state index contributed by atoms with van der Waals surface area (Å²) in [6, 6.07) is 14.2. The van der Waals surface area contributed by atoms with E-state index in [0.717, 1.165) is 38.9 Å². The Morgan fingerprint density at radius 1 is 1.10 bits per heavy atom. The first-order valence-electron chi connectivity index (χ1n) is 6.57. The molecular formula is C17H15BrO2. The van der Waals surface area contributed by atoms with Crippen molar-refractivity contribution in [2.45, 2.75) is 13.3 Å². The zero-order chi connectivity index (χ0) is 14.1. The molecule has 0 N–H and O–H groups in total. The summed E-state index contributed by atoms with van der Waals surface area (Å²) in [4.78, 5) is 0. The van der Waals surface area contributed by atoms with E-state index in [-0.39, 0.29) is 0 Å². The summed E-state index contributed by atoms with van der Waals surface area (Å²) < 4.78 is 12.3. The van der Waals surface area contributed by atoms with Crippen molar-refractivity contribution in [2.75, 3.05) is 7.11 Å². The topological polar surface area (TPSA) is 22.4 Å². The van der Waals surface area contributed by atoms with Crippen molar-refractivity contribution in [3.63, 3.8) is 0 Å². The molecule has 20 heavy (non-hydrogen) atoms. The molecule has 1 heterocycles. The lowest BCUT2D eigenvalue weighted by Gasteiger charge is -2.05. The van der Waals surface area contributed by atoms with E-state index >= 15 is 0 Å². The quantitative estimate of drug-likeness (QED) is 0.638. The second-order valence-electron chi connectivity index (χ2n) is 4.67. The predicted octanol–water partition coefficient (Wildman–Crippen LogP) is 5.43. The van der Waals surface area contributed by atoms with Gasteiger partial charge in [0.05, 0.1) is 7.11 Å². The maximum atomic E-state index is 5.98. The lowest BCUT2D eigenvalue weighted by molar-refractivity contribution is 0.414. The van der Waals surface area contributed by atoms with Crippen LogP contribution in [0.25, 0.3) is 22.3 Å². The highest BCUT2D eigenvalue weighted by Crippen LogP contribution is 2.33. The van der Waals surface area contributed by atoms with E-state index in [9.17, 15) is 0 Å². The first-order chi connectivity index (χ1) is 9.71. The molecule has 0 aliphatic rings. The Labute approximate surface area is 126 Å². The molecule has 2 aromatic carbocycles. The minimum atomic E-state index is 0.810. The molecule has 3 heteroatoms. The maximum Gasteiger partial charge on any atom is 0.138 e. The highest BCUT2D eigenvalue weighted by atomic mass is 79.9. The summed E-state index contributed by atoms with van der Waals surface area (Å²) in [5, 5.41) is 1.09. The average Bonchev–Trinajstić information content (AvgIpc) is 2.89. The Morgan fingerprint density at radius 3 is 2.70 bits per heavy atom. The van der Waals surface area contributed by atoms with Crippen LogP contribution in [0.15, 0.2) is 51.4 Å². The fourth-order valence-corrected chi connectivity index (χ4v) is 2.77. The standard InChI is InChI=1S/C17H15BrO2/c1-3-11-8-13(18)5-7-15(11)17-9-12-4-6-14(19-2)10-16(12)20-17/h4-10H,3H2,1-2H3. The number of hydrogen-bond acceptors (Lipinski definition) is 2. The number of benzene rings is 2. The van der Waals surface area contributed by atoms with E-state index in [4.69, 9.17) is 9.15 Å².